The maximum absolute atomic E-state index is 3.82. The van der Waals surface area contributed by atoms with E-state index in [4.69, 9.17) is 0 Å². The maximum Gasteiger partial charge on any atom is 0.0124 e. The second-order valence-electron chi connectivity index (χ2n) is 5.85. The van der Waals surface area contributed by atoms with Crippen LogP contribution in [-0.4, -0.2) is 12.6 Å². The minimum atomic E-state index is 0.715. The summed E-state index contributed by atoms with van der Waals surface area (Å²) in [5.74, 6) is 0. The SMILES string of the molecule is c1cc(CCNC2CCC23CCCCC3)cs1. The highest BCUT2D eigenvalue weighted by atomic mass is 32.1. The molecule has 3 rings (SSSR count). The normalized spacial score (nSPS) is 26.9. The molecular weight excluding hydrogens is 226 g/mol. The first-order chi connectivity index (χ1) is 8.39. The molecule has 1 aromatic rings. The van der Waals surface area contributed by atoms with Crippen molar-refractivity contribution in [2.45, 2.75) is 57.4 Å². The van der Waals surface area contributed by atoms with Crippen LogP contribution < -0.4 is 5.32 Å². The highest BCUT2D eigenvalue weighted by Gasteiger charge is 2.46. The lowest BCUT2D eigenvalue weighted by molar-refractivity contribution is 0.0236. The van der Waals surface area contributed by atoms with E-state index in [2.05, 4.69) is 22.1 Å². The highest BCUT2D eigenvalue weighted by Crippen LogP contribution is 2.51. The molecule has 1 spiro atoms. The van der Waals surface area contributed by atoms with Crippen LogP contribution in [0.2, 0.25) is 0 Å². The highest BCUT2D eigenvalue weighted by molar-refractivity contribution is 7.07. The molecule has 0 aliphatic heterocycles. The van der Waals surface area contributed by atoms with Crippen molar-refractivity contribution in [3.63, 3.8) is 0 Å². The molecule has 2 fully saturated rings. The van der Waals surface area contributed by atoms with Crippen LogP contribution in [0.25, 0.3) is 0 Å². The summed E-state index contributed by atoms with van der Waals surface area (Å²) >= 11 is 1.81. The zero-order chi connectivity index (χ0) is 11.6. The molecule has 2 aliphatic carbocycles. The Morgan fingerprint density at radius 2 is 2.12 bits per heavy atom. The van der Waals surface area contributed by atoms with Crippen LogP contribution in [-0.2, 0) is 6.42 Å². The van der Waals surface area contributed by atoms with Crippen molar-refractivity contribution in [2.75, 3.05) is 6.54 Å². The van der Waals surface area contributed by atoms with Gasteiger partial charge in [-0.2, -0.15) is 11.3 Å². The number of nitrogens with one attached hydrogen (secondary N) is 1. The minimum absolute atomic E-state index is 0.715. The van der Waals surface area contributed by atoms with Gasteiger partial charge in [0.25, 0.3) is 0 Å². The van der Waals surface area contributed by atoms with Gasteiger partial charge in [0.2, 0.25) is 0 Å². The third-order valence-electron chi connectivity index (χ3n) is 4.90. The Bertz CT molecular complexity index is 338. The molecule has 0 aromatic carbocycles. The van der Waals surface area contributed by atoms with Gasteiger partial charge in [0.1, 0.15) is 0 Å². The van der Waals surface area contributed by atoms with Crippen molar-refractivity contribution < 1.29 is 0 Å². The Hall–Kier alpha value is -0.340. The summed E-state index contributed by atoms with van der Waals surface area (Å²) in [4.78, 5) is 0. The Labute approximate surface area is 109 Å². The molecule has 0 saturated heterocycles. The zero-order valence-electron chi connectivity index (χ0n) is 10.6. The van der Waals surface area contributed by atoms with Crippen LogP contribution in [0, 0.1) is 5.41 Å². The van der Waals surface area contributed by atoms with Gasteiger partial charge in [-0.1, -0.05) is 19.3 Å². The molecule has 94 valence electrons. The van der Waals surface area contributed by atoms with E-state index in [1.807, 2.05) is 11.3 Å². The third kappa shape index (κ3) is 2.43. The fourth-order valence-electron chi connectivity index (χ4n) is 3.70. The van der Waals surface area contributed by atoms with Crippen LogP contribution in [0.5, 0.6) is 0 Å². The molecule has 0 amide bonds. The van der Waals surface area contributed by atoms with E-state index in [1.165, 1.54) is 63.5 Å². The zero-order valence-corrected chi connectivity index (χ0v) is 11.4. The van der Waals surface area contributed by atoms with Gasteiger partial charge in [0, 0.05) is 6.04 Å². The lowest BCUT2D eigenvalue weighted by Crippen LogP contribution is -2.54. The lowest BCUT2D eigenvalue weighted by atomic mass is 9.57. The molecule has 1 heterocycles. The van der Waals surface area contributed by atoms with Crippen molar-refractivity contribution in [1.82, 2.24) is 5.32 Å². The van der Waals surface area contributed by atoms with Crippen molar-refractivity contribution in [3.05, 3.63) is 22.4 Å². The molecule has 1 atom stereocenters. The molecule has 0 bridgehead atoms. The number of thiophene rings is 1. The van der Waals surface area contributed by atoms with Crippen LogP contribution in [0.15, 0.2) is 16.8 Å². The summed E-state index contributed by atoms with van der Waals surface area (Å²) in [5.41, 5.74) is 2.21. The van der Waals surface area contributed by atoms with Gasteiger partial charge in [0.05, 0.1) is 0 Å². The van der Waals surface area contributed by atoms with E-state index < -0.39 is 0 Å². The Balaban J connectivity index is 1.46. The average Bonchev–Trinajstić information content (AvgIpc) is 2.87. The molecule has 2 saturated carbocycles. The summed E-state index contributed by atoms with van der Waals surface area (Å²) in [5, 5.41) is 8.28. The van der Waals surface area contributed by atoms with Crippen LogP contribution >= 0.6 is 11.3 Å². The second-order valence-corrected chi connectivity index (χ2v) is 6.63. The van der Waals surface area contributed by atoms with Crippen molar-refractivity contribution in [2.24, 2.45) is 5.41 Å². The molecular formula is C15H23NS. The standard InChI is InChI=1S/C15H23NS/c1-2-7-15(8-3-1)9-4-14(15)16-10-5-13-6-11-17-12-13/h6,11-12,14,16H,1-5,7-10H2. The molecule has 1 nitrogen and oxygen atoms in total. The first kappa shape index (κ1) is 11.7. The van der Waals surface area contributed by atoms with Crippen LogP contribution in [0.1, 0.15) is 50.5 Å². The average molecular weight is 249 g/mol. The topological polar surface area (TPSA) is 12.0 Å². The van der Waals surface area contributed by atoms with Gasteiger partial charge in [-0.3, -0.25) is 0 Å². The van der Waals surface area contributed by atoms with Gasteiger partial charge < -0.3 is 5.32 Å². The fraction of sp³-hybridized carbons (Fsp3) is 0.733. The van der Waals surface area contributed by atoms with Gasteiger partial charge >= 0.3 is 0 Å². The van der Waals surface area contributed by atoms with Crippen molar-refractivity contribution >= 4 is 11.3 Å². The quantitative estimate of drug-likeness (QED) is 0.850. The molecule has 0 radical (unpaired) electrons. The molecule has 1 unspecified atom stereocenters. The largest absolute Gasteiger partial charge is 0.313 e. The van der Waals surface area contributed by atoms with Gasteiger partial charge in [-0.25, -0.2) is 0 Å². The Morgan fingerprint density at radius 1 is 1.24 bits per heavy atom. The van der Waals surface area contributed by atoms with E-state index in [0.717, 1.165) is 6.04 Å². The van der Waals surface area contributed by atoms with Crippen molar-refractivity contribution in [1.29, 1.82) is 0 Å². The van der Waals surface area contributed by atoms with Gasteiger partial charge in [-0.05, 0) is 66.5 Å². The summed E-state index contributed by atoms with van der Waals surface area (Å²) in [6.07, 6.45) is 11.5. The second kappa shape index (κ2) is 5.11. The lowest BCUT2D eigenvalue weighted by Gasteiger charge is -2.52. The predicted octanol–water partition coefficient (Wildman–Crippen LogP) is 3.99. The molecule has 2 aliphatic rings. The number of hydrogen-bond acceptors (Lipinski definition) is 2. The first-order valence-corrected chi connectivity index (χ1v) is 8.08. The molecule has 1 N–H and O–H groups in total. The summed E-state index contributed by atoms with van der Waals surface area (Å²) in [6, 6.07) is 3.09. The fourth-order valence-corrected chi connectivity index (χ4v) is 4.40. The molecule has 2 heteroatoms. The smallest absolute Gasteiger partial charge is 0.0124 e. The third-order valence-corrected chi connectivity index (χ3v) is 5.64. The Morgan fingerprint density at radius 3 is 2.76 bits per heavy atom. The first-order valence-electron chi connectivity index (χ1n) is 7.14. The summed E-state index contributed by atoms with van der Waals surface area (Å²) in [7, 11) is 0. The van der Waals surface area contributed by atoms with Gasteiger partial charge in [0.15, 0.2) is 0 Å². The van der Waals surface area contributed by atoms with Crippen molar-refractivity contribution in [3.8, 4) is 0 Å². The monoisotopic (exact) mass is 249 g/mol. The molecule has 17 heavy (non-hydrogen) atoms. The minimum Gasteiger partial charge on any atom is -0.313 e. The van der Waals surface area contributed by atoms with Crippen LogP contribution in [0.3, 0.4) is 0 Å². The van der Waals surface area contributed by atoms with E-state index in [-0.39, 0.29) is 0 Å². The van der Waals surface area contributed by atoms with Gasteiger partial charge in [-0.15, -0.1) is 0 Å². The summed E-state index contributed by atoms with van der Waals surface area (Å²) < 4.78 is 0. The summed E-state index contributed by atoms with van der Waals surface area (Å²) in [6.45, 7) is 1.17. The number of rotatable bonds is 4. The van der Waals surface area contributed by atoms with E-state index >= 15 is 0 Å². The van der Waals surface area contributed by atoms with E-state index in [9.17, 15) is 0 Å². The number of hydrogen-bond donors (Lipinski definition) is 1. The Kier molecular flexibility index (Phi) is 3.53. The van der Waals surface area contributed by atoms with E-state index in [1.54, 1.807) is 0 Å². The maximum atomic E-state index is 3.82. The predicted molar refractivity (Wildman–Crippen MR) is 74.6 cm³/mol. The molecule has 1 aromatic heterocycles. The van der Waals surface area contributed by atoms with E-state index in [0.29, 0.717) is 5.41 Å². The van der Waals surface area contributed by atoms with Crippen LogP contribution in [0.4, 0.5) is 0 Å².